The minimum absolute atomic E-state index is 0.0398. The van der Waals surface area contributed by atoms with Crippen molar-refractivity contribution in [2.24, 2.45) is 0 Å². The SMILES string of the molecule is COc1ccc(CCNC(=O)COC2CCNCC2)cc1. The van der Waals surface area contributed by atoms with E-state index in [1.165, 1.54) is 5.56 Å². The third-order valence-corrected chi connectivity index (χ3v) is 3.63. The lowest BCUT2D eigenvalue weighted by molar-refractivity contribution is -0.128. The number of ether oxygens (including phenoxy) is 2. The molecule has 2 rings (SSSR count). The lowest BCUT2D eigenvalue weighted by atomic mass is 10.1. The molecule has 1 amide bonds. The molecule has 2 N–H and O–H groups in total. The van der Waals surface area contributed by atoms with Gasteiger partial charge in [-0.15, -0.1) is 0 Å². The molecule has 0 aliphatic carbocycles. The number of hydrogen-bond acceptors (Lipinski definition) is 4. The van der Waals surface area contributed by atoms with Crippen molar-refractivity contribution in [2.75, 3.05) is 33.4 Å². The van der Waals surface area contributed by atoms with E-state index < -0.39 is 0 Å². The van der Waals surface area contributed by atoms with E-state index in [0.717, 1.165) is 38.1 Å². The fourth-order valence-corrected chi connectivity index (χ4v) is 2.35. The molecule has 0 saturated carbocycles. The van der Waals surface area contributed by atoms with E-state index in [2.05, 4.69) is 10.6 Å². The molecule has 0 bridgehead atoms. The zero-order valence-electron chi connectivity index (χ0n) is 12.6. The van der Waals surface area contributed by atoms with Crippen LogP contribution in [0.3, 0.4) is 0 Å². The normalized spacial score (nSPS) is 15.7. The average Bonchev–Trinajstić information content (AvgIpc) is 2.54. The number of hydrogen-bond donors (Lipinski definition) is 2. The Morgan fingerprint density at radius 1 is 1.29 bits per heavy atom. The molecule has 21 heavy (non-hydrogen) atoms. The van der Waals surface area contributed by atoms with Gasteiger partial charge in [-0.1, -0.05) is 12.1 Å². The van der Waals surface area contributed by atoms with Crippen molar-refractivity contribution >= 4 is 5.91 Å². The third-order valence-electron chi connectivity index (χ3n) is 3.63. The van der Waals surface area contributed by atoms with Crippen LogP contribution in [0.5, 0.6) is 5.75 Å². The highest BCUT2D eigenvalue weighted by molar-refractivity contribution is 5.77. The van der Waals surface area contributed by atoms with Gasteiger partial charge in [-0.25, -0.2) is 0 Å². The fourth-order valence-electron chi connectivity index (χ4n) is 2.35. The maximum Gasteiger partial charge on any atom is 0.246 e. The minimum Gasteiger partial charge on any atom is -0.497 e. The van der Waals surface area contributed by atoms with E-state index in [4.69, 9.17) is 9.47 Å². The van der Waals surface area contributed by atoms with Gasteiger partial charge >= 0.3 is 0 Å². The summed E-state index contributed by atoms with van der Waals surface area (Å²) in [7, 11) is 1.65. The first-order chi connectivity index (χ1) is 10.3. The van der Waals surface area contributed by atoms with Crippen LogP contribution in [0.25, 0.3) is 0 Å². The van der Waals surface area contributed by atoms with Crippen molar-refractivity contribution in [1.82, 2.24) is 10.6 Å². The van der Waals surface area contributed by atoms with Gasteiger partial charge in [0.2, 0.25) is 5.91 Å². The molecule has 1 aromatic rings. The van der Waals surface area contributed by atoms with E-state index in [-0.39, 0.29) is 18.6 Å². The molecule has 0 unspecified atom stereocenters. The van der Waals surface area contributed by atoms with E-state index in [0.29, 0.717) is 6.54 Å². The number of nitrogens with one attached hydrogen (secondary N) is 2. The van der Waals surface area contributed by atoms with Gasteiger partial charge in [-0.05, 0) is 50.0 Å². The molecule has 5 nitrogen and oxygen atoms in total. The molecule has 1 aliphatic heterocycles. The molecule has 116 valence electrons. The molecular formula is C16H24N2O3. The first kappa shape index (κ1) is 15.8. The highest BCUT2D eigenvalue weighted by atomic mass is 16.5. The lowest BCUT2D eigenvalue weighted by Crippen LogP contribution is -2.36. The molecule has 0 aromatic heterocycles. The number of carbonyl (C=O) groups excluding carboxylic acids is 1. The number of amides is 1. The molecule has 0 spiro atoms. The fraction of sp³-hybridized carbons (Fsp3) is 0.562. The van der Waals surface area contributed by atoms with Crippen LogP contribution in [0, 0.1) is 0 Å². The summed E-state index contributed by atoms with van der Waals surface area (Å²) in [5.41, 5.74) is 1.18. The van der Waals surface area contributed by atoms with Gasteiger partial charge in [0.25, 0.3) is 0 Å². The van der Waals surface area contributed by atoms with Crippen LogP contribution in [0.15, 0.2) is 24.3 Å². The van der Waals surface area contributed by atoms with Crippen molar-refractivity contribution in [3.8, 4) is 5.75 Å². The van der Waals surface area contributed by atoms with E-state index >= 15 is 0 Å². The predicted octanol–water partition coefficient (Wildman–Crippen LogP) is 1.12. The Hall–Kier alpha value is -1.59. The van der Waals surface area contributed by atoms with Crippen LogP contribution in [-0.2, 0) is 16.0 Å². The molecule has 5 heteroatoms. The first-order valence-corrected chi connectivity index (χ1v) is 7.50. The van der Waals surface area contributed by atoms with Crippen LogP contribution in [0.4, 0.5) is 0 Å². The summed E-state index contributed by atoms with van der Waals surface area (Å²) in [6, 6.07) is 7.88. The van der Waals surface area contributed by atoms with Gasteiger partial charge in [0, 0.05) is 6.54 Å². The van der Waals surface area contributed by atoms with Crippen molar-refractivity contribution in [1.29, 1.82) is 0 Å². The monoisotopic (exact) mass is 292 g/mol. The summed E-state index contributed by atoms with van der Waals surface area (Å²) in [6.07, 6.45) is 3.00. The molecular weight excluding hydrogens is 268 g/mol. The summed E-state index contributed by atoms with van der Waals surface area (Å²) < 4.78 is 10.7. The molecule has 1 aliphatic rings. The zero-order chi connectivity index (χ0) is 14.9. The molecule has 1 aromatic carbocycles. The van der Waals surface area contributed by atoms with Gasteiger partial charge in [0.15, 0.2) is 0 Å². The van der Waals surface area contributed by atoms with Crippen molar-refractivity contribution < 1.29 is 14.3 Å². The number of piperidine rings is 1. The predicted molar refractivity (Wildman–Crippen MR) is 81.6 cm³/mol. The second-order valence-electron chi connectivity index (χ2n) is 5.21. The van der Waals surface area contributed by atoms with Crippen LogP contribution >= 0.6 is 0 Å². The summed E-state index contributed by atoms with van der Waals surface area (Å²) in [4.78, 5) is 11.7. The Morgan fingerprint density at radius 2 is 2.00 bits per heavy atom. The maximum absolute atomic E-state index is 11.7. The number of benzene rings is 1. The van der Waals surface area contributed by atoms with Crippen LogP contribution in [0.2, 0.25) is 0 Å². The third kappa shape index (κ3) is 5.73. The topological polar surface area (TPSA) is 59.6 Å². The standard InChI is InChI=1S/C16H24N2O3/c1-20-14-4-2-13(3-5-14)6-11-18-16(19)12-21-15-7-9-17-10-8-15/h2-5,15,17H,6-12H2,1H3,(H,18,19). The number of methoxy groups -OCH3 is 1. The first-order valence-electron chi connectivity index (χ1n) is 7.50. The summed E-state index contributed by atoms with van der Waals surface area (Å²) in [6.45, 7) is 2.74. The Bertz CT molecular complexity index is 428. The Morgan fingerprint density at radius 3 is 2.67 bits per heavy atom. The summed E-state index contributed by atoms with van der Waals surface area (Å²) in [5, 5.41) is 6.16. The average molecular weight is 292 g/mol. The summed E-state index contributed by atoms with van der Waals surface area (Å²) >= 11 is 0. The Labute approximate surface area is 126 Å². The molecule has 1 fully saturated rings. The van der Waals surface area contributed by atoms with Crippen LogP contribution in [-0.4, -0.2) is 45.4 Å². The van der Waals surface area contributed by atoms with Crippen LogP contribution < -0.4 is 15.4 Å². The Kier molecular flexibility index (Phi) is 6.50. The van der Waals surface area contributed by atoms with Crippen molar-refractivity contribution in [3.63, 3.8) is 0 Å². The van der Waals surface area contributed by atoms with Gasteiger partial charge < -0.3 is 20.1 Å². The number of carbonyl (C=O) groups is 1. The van der Waals surface area contributed by atoms with Gasteiger partial charge in [0.1, 0.15) is 12.4 Å². The Balaban J connectivity index is 1.59. The smallest absolute Gasteiger partial charge is 0.246 e. The summed E-state index contributed by atoms with van der Waals surface area (Å²) in [5.74, 6) is 0.806. The van der Waals surface area contributed by atoms with E-state index in [1.54, 1.807) is 7.11 Å². The van der Waals surface area contributed by atoms with Crippen LogP contribution in [0.1, 0.15) is 18.4 Å². The highest BCUT2D eigenvalue weighted by Crippen LogP contribution is 2.11. The largest absolute Gasteiger partial charge is 0.497 e. The second-order valence-corrected chi connectivity index (χ2v) is 5.21. The van der Waals surface area contributed by atoms with E-state index in [1.807, 2.05) is 24.3 Å². The van der Waals surface area contributed by atoms with Crippen molar-refractivity contribution in [3.05, 3.63) is 29.8 Å². The maximum atomic E-state index is 11.7. The van der Waals surface area contributed by atoms with E-state index in [9.17, 15) is 4.79 Å². The van der Waals surface area contributed by atoms with Gasteiger partial charge in [0.05, 0.1) is 13.2 Å². The molecule has 1 heterocycles. The molecule has 0 radical (unpaired) electrons. The van der Waals surface area contributed by atoms with Gasteiger partial charge in [-0.2, -0.15) is 0 Å². The molecule has 1 saturated heterocycles. The lowest BCUT2D eigenvalue weighted by Gasteiger charge is -2.22. The minimum atomic E-state index is -0.0398. The highest BCUT2D eigenvalue weighted by Gasteiger charge is 2.14. The number of rotatable bonds is 7. The zero-order valence-corrected chi connectivity index (χ0v) is 12.6. The molecule has 0 atom stereocenters. The second kappa shape index (κ2) is 8.64. The van der Waals surface area contributed by atoms with Crippen molar-refractivity contribution in [2.45, 2.75) is 25.4 Å². The quantitative estimate of drug-likeness (QED) is 0.791. The van der Waals surface area contributed by atoms with Gasteiger partial charge in [-0.3, -0.25) is 4.79 Å².